The van der Waals surface area contributed by atoms with Crippen molar-refractivity contribution < 1.29 is 17.9 Å². The van der Waals surface area contributed by atoms with E-state index in [0.29, 0.717) is 18.0 Å². The number of rotatable bonds is 9. The van der Waals surface area contributed by atoms with Crippen LogP contribution in [0.1, 0.15) is 37.3 Å². The Morgan fingerprint density at radius 2 is 1.69 bits per heavy atom. The van der Waals surface area contributed by atoms with Crippen molar-refractivity contribution in [1.29, 1.82) is 0 Å². The molecule has 0 saturated carbocycles. The van der Waals surface area contributed by atoms with Crippen LogP contribution in [0.25, 0.3) is 0 Å². The summed E-state index contributed by atoms with van der Waals surface area (Å²) in [6.07, 6.45) is 4.28. The summed E-state index contributed by atoms with van der Waals surface area (Å²) in [4.78, 5) is 15.1. The summed E-state index contributed by atoms with van der Waals surface area (Å²) in [5.41, 5.74) is 2.89. The molecule has 1 fully saturated rings. The number of amides is 1. The highest BCUT2D eigenvalue weighted by Gasteiger charge is 2.17. The number of likely N-dealkylation sites (tertiary alicyclic amines) is 1. The van der Waals surface area contributed by atoms with Crippen LogP contribution in [0.15, 0.2) is 48.5 Å². The van der Waals surface area contributed by atoms with E-state index < -0.39 is 16.1 Å². The molecule has 0 bridgehead atoms. The van der Waals surface area contributed by atoms with Gasteiger partial charge in [-0.1, -0.05) is 30.7 Å². The maximum Gasteiger partial charge on any atom is 0.261 e. The predicted octanol–water partition coefficient (Wildman–Crippen LogP) is 3.15. The highest BCUT2D eigenvalue weighted by atomic mass is 32.2. The quantitative estimate of drug-likeness (QED) is 0.623. The summed E-state index contributed by atoms with van der Waals surface area (Å²) in [5, 5.41) is 2.98. The molecule has 3 rings (SSSR count). The lowest BCUT2D eigenvalue weighted by molar-refractivity contribution is -0.127. The van der Waals surface area contributed by atoms with Gasteiger partial charge in [0, 0.05) is 20.1 Å². The number of piperidine rings is 1. The van der Waals surface area contributed by atoms with Gasteiger partial charge in [-0.3, -0.25) is 14.0 Å². The van der Waals surface area contributed by atoms with Gasteiger partial charge in [0.2, 0.25) is 10.0 Å². The first-order valence-corrected chi connectivity index (χ1v) is 12.9. The predicted molar refractivity (Wildman–Crippen MR) is 127 cm³/mol. The highest BCUT2D eigenvalue weighted by Crippen LogP contribution is 2.21. The molecule has 1 N–H and O–H groups in total. The number of hydrogen-bond acceptors (Lipinski definition) is 5. The summed E-state index contributed by atoms with van der Waals surface area (Å²) in [6, 6.07) is 14.9. The molecule has 0 aromatic heterocycles. The van der Waals surface area contributed by atoms with E-state index in [1.54, 1.807) is 31.2 Å². The largest absolute Gasteiger partial charge is 0.481 e. The summed E-state index contributed by atoms with van der Waals surface area (Å²) in [5.74, 6) is 0.305. The Labute approximate surface area is 191 Å². The molecule has 1 aliphatic heterocycles. The zero-order valence-electron chi connectivity index (χ0n) is 19.1. The van der Waals surface area contributed by atoms with E-state index in [-0.39, 0.29) is 5.91 Å². The molecule has 0 aliphatic carbocycles. The molecule has 1 aliphatic rings. The average molecular weight is 460 g/mol. The highest BCUT2D eigenvalue weighted by molar-refractivity contribution is 7.92. The van der Waals surface area contributed by atoms with Crippen molar-refractivity contribution in [2.24, 2.45) is 0 Å². The fraction of sp³-hybridized carbons (Fsp3) is 0.458. The number of benzene rings is 2. The van der Waals surface area contributed by atoms with E-state index in [1.165, 1.54) is 36.2 Å². The first-order valence-electron chi connectivity index (χ1n) is 11.0. The van der Waals surface area contributed by atoms with Crippen LogP contribution in [0.3, 0.4) is 0 Å². The van der Waals surface area contributed by atoms with Gasteiger partial charge in [-0.05, 0) is 68.2 Å². The number of anilines is 1. The van der Waals surface area contributed by atoms with Crippen molar-refractivity contribution in [3.05, 3.63) is 59.7 Å². The maximum atomic E-state index is 12.6. The van der Waals surface area contributed by atoms with Crippen molar-refractivity contribution in [2.45, 2.75) is 45.4 Å². The van der Waals surface area contributed by atoms with Crippen molar-refractivity contribution in [3.63, 3.8) is 0 Å². The third-order valence-electron chi connectivity index (χ3n) is 5.79. The summed E-state index contributed by atoms with van der Waals surface area (Å²) in [7, 11) is -1.84. The lowest BCUT2D eigenvalue weighted by Gasteiger charge is -2.27. The fourth-order valence-corrected chi connectivity index (χ4v) is 4.26. The molecule has 1 heterocycles. The standard InChI is InChI=1S/C24H33N3O4S/c1-19(31-23-13-11-22(12-14-23)26(2)32(3,29)30)24(28)25-17-20-9-5-6-10-21(20)18-27-15-7-4-8-16-27/h5-6,9-14,19H,4,7-8,15-18H2,1-3H3,(H,25,28)/t19-/m0/s1. The van der Waals surface area contributed by atoms with Crippen LogP contribution in [-0.4, -0.2) is 51.7 Å². The first kappa shape index (κ1) is 24.1. The maximum absolute atomic E-state index is 12.6. The molecule has 32 heavy (non-hydrogen) atoms. The van der Waals surface area contributed by atoms with E-state index >= 15 is 0 Å². The van der Waals surface area contributed by atoms with Crippen LogP contribution in [0.5, 0.6) is 5.75 Å². The minimum absolute atomic E-state index is 0.199. The number of carbonyl (C=O) groups is 1. The minimum Gasteiger partial charge on any atom is -0.481 e. The molecule has 174 valence electrons. The molecule has 1 saturated heterocycles. The molecule has 7 nitrogen and oxygen atoms in total. The molecule has 2 aromatic carbocycles. The molecule has 1 amide bonds. The van der Waals surface area contributed by atoms with Crippen LogP contribution in [-0.2, 0) is 27.9 Å². The zero-order valence-corrected chi connectivity index (χ0v) is 19.9. The first-order chi connectivity index (χ1) is 15.2. The molecule has 1 atom stereocenters. The van der Waals surface area contributed by atoms with E-state index in [9.17, 15) is 13.2 Å². The normalized spacial score (nSPS) is 15.7. The molecule has 8 heteroatoms. The van der Waals surface area contributed by atoms with Gasteiger partial charge in [-0.15, -0.1) is 0 Å². The number of nitrogens with zero attached hydrogens (tertiary/aromatic N) is 2. The molecule has 0 spiro atoms. The lowest BCUT2D eigenvalue weighted by atomic mass is 10.0. The summed E-state index contributed by atoms with van der Waals surface area (Å²) in [6.45, 7) is 5.32. The zero-order chi connectivity index (χ0) is 23.1. The van der Waals surface area contributed by atoms with Crippen molar-refractivity contribution in [2.75, 3.05) is 30.7 Å². The number of ether oxygens (including phenoxy) is 1. The summed E-state index contributed by atoms with van der Waals surface area (Å²) >= 11 is 0. The van der Waals surface area contributed by atoms with Crippen molar-refractivity contribution in [3.8, 4) is 5.75 Å². The van der Waals surface area contributed by atoms with Gasteiger partial charge in [0.05, 0.1) is 11.9 Å². The minimum atomic E-state index is -3.33. The Kier molecular flexibility index (Phi) is 8.15. The smallest absolute Gasteiger partial charge is 0.261 e. The van der Waals surface area contributed by atoms with Crippen LogP contribution in [0.2, 0.25) is 0 Å². The summed E-state index contributed by atoms with van der Waals surface area (Å²) < 4.78 is 30.2. The van der Waals surface area contributed by atoms with Crippen molar-refractivity contribution >= 4 is 21.6 Å². The second kappa shape index (κ2) is 10.8. The number of sulfonamides is 1. The van der Waals surface area contributed by atoms with Gasteiger partial charge in [0.25, 0.3) is 5.91 Å². The third-order valence-corrected chi connectivity index (χ3v) is 7.00. The molecular weight excluding hydrogens is 426 g/mol. The van der Waals surface area contributed by atoms with Crippen LogP contribution >= 0.6 is 0 Å². The van der Waals surface area contributed by atoms with Gasteiger partial charge in [-0.25, -0.2) is 8.42 Å². The Balaban J connectivity index is 1.54. The van der Waals surface area contributed by atoms with E-state index in [4.69, 9.17) is 4.74 Å². The fourth-order valence-electron chi connectivity index (χ4n) is 3.75. The van der Waals surface area contributed by atoms with Gasteiger partial charge < -0.3 is 10.1 Å². The molecule has 0 radical (unpaired) electrons. The third kappa shape index (κ3) is 6.71. The molecular formula is C24H33N3O4S. The second-order valence-corrected chi connectivity index (χ2v) is 10.3. The topological polar surface area (TPSA) is 78.9 Å². The van der Waals surface area contributed by atoms with Gasteiger partial charge in [0.15, 0.2) is 6.10 Å². The Hall–Kier alpha value is -2.58. The SMILES string of the molecule is C[C@H](Oc1ccc(N(C)S(C)(=O)=O)cc1)C(=O)NCc1ccccc1CN1CCCCC1. The van der Waals surface area contributed by atoms with Crippen LogP contribution in [0.4, 0.5) is 5.69 Å². The van der Waals surface area contributed by atoms with Crippen molar-refractivity contribution in [1.82, 2.24) is 10.2 Å². The second-order valence-electron chi connectivity index (χ2n) is 8.31. The van der Waals surface area contributed by atoms with E-state index in [1.807, 2.05) is 12.1 Å². The lowest BCUT2D eigenvalue weighted by Crippen LogP contribution is -2.36. The van der Waals surface area contributed by atoms with E-state index in [0.717, 1.165) is 31.5 Å². The number of hydrogen-bond donors (Lipinski definition) is 1. The average Bonchev–Trinajstić information content (AvgIpc) is 2.78. The number of nitrogens with one attached hydrogen (secondary N) is 1. The Bertz CT molecular complexity index is 1000. The Morgan fingerprint density at radius 1 is 1.06 bits per heavy atom. The molecule has 0 unspecified atom stereocenters. The van der Waals surface area contributed by atoms with Gasteiger partial charge in [0.1, 0.15) is 5.75 Å². The Morgan fingerprint density at radius 3 is 2.31 bits per heavy atom. The van der Waals surface area contributed by atoms with Gasteiger partial charge in [-0.2, -0.15) is 0 Å². The van der Waals surface area contributed by atoms with Gasteiger partial charge >= 0.3 is 0 Å². The van der Waals surface area contributed by atoms with Crippen LogP contribution < -0.4 is 14.4 Å². The monoisotopic (exact) mass is 459 g/mol. The van der Waals surface area contributed by atoms with E-state index in [2.05, 4.69) is 22.3 Å². The molecule has 2 aromatic rings. The van der Waals surface area contributed by atoms with Crippen LogP contribution in [0, 0.1) is 0 Å². The number of carbonyl (C=O) groups excluding carboxylic acids is 1.